The van der Waals surface area contributed by atoms with Crippen molar-refractivity contribution in [2.45, 2.75) is 26.1 Å². The van der Waals surface area contributed by atoms with E-state index in [1.54, 1.807) is 51.4 Å². The number of halogens is 2. The number of hydrogen-bond donors (Lipinski definition) is 2. The number of carbonyl (C=O) groups excluding carboxylic acids is 3. The highest BCUT2D eigenvalue weighted by Gasteiger charge is 2.31. The smallest absolute Gasteiger partial charge is 0.407 e. The number of benzene rings is 1. The van der Waals surface area contributed by atoms with Crippen molar-refractivity contribution in [1.82, 2.24) is 29.9 Å². The van der Waals surface area contributed by atoms with Gasteiger partial charge in [-0.1, -0.05) is 0 Å². The average molecular weight is 587 g/mol. The fraction of sp³-hybridized carbons (Fsp3) is 0.444. The number of piperazine rings is 1. The van der Waals surface area contributed by atoms with Gasteiger partial charge in [0, 0.05) is 57.0 Å². The zero-order valence-corrected chi connectivity index (χ0v) is 23.3. The number of aromatic nitrogens is 3. The Morgan fingerprint density at radius 3 is 2.57 bits per heavy atom. The lowest BCUT2D eigenvalue weighted by Gasteiger charge is -2.37. The Hall–Kier alpha value is -4.53. The molecule has 0 radical (unpaired) electrons. The molecule has 0 saturated carbocycles. The predicted octanol–water partition coefficient (Wildman–Crippen LogP) is 1.38. The number of carbonyl (C=O) groups is 3. The molecule has 4 heterocycles. The number of amides is 3. The van der Waals surface area contributed by atoms with Crippen LogP contribution in [0.25, 0.3) is 5.78 Å². The van der Waals surface area contributed by atoms with Crippen molar-refractivity contribution >= 4 is 35.1 Å². The summed E-state index contributed by atoms with van der Waals surface area (Å²) in [5, 5.41) is 5.24. The molecule has 2 aromatic heterocycles. The van der Waals surface area contributed by atoms with E-state index in [9.17, 15) is 14.4 Å². The molecule has 2 fully saturated rings. The molecule has 42 heavy (non-hydrogen) atoms. The van der Waals surface area contributed by atoms with Gasteiger partial charge in [0.1, 0.15) is 23.7 Å². The lowest BCUT2D eigenvalue weighted by molar-refractivity contribution is -0.133. The predicted molar refractivity (Wildman–Crippen MR) is 147 cm³/mol. The van der Waals surface area contributed by atoms with Crippen LogP contribution in [-0.2, 0) is 14.3 Å². The molecule has 0 bridgehead atoms. The quantitative estimate of drug-likeness (QED) is 0.402. The average Bonchev–Trinajstić information content (AvgIpc) is 3.63. The van der Waals surface area contributed by atoms with Crippen LogP contribution in [0.5, 0.6) is 0 Å². The third kappa shape index (κ3) is 6.20. The molecule has 2 aliphatic heterocycles. The summed E-state index contributed by atoms with van der Waals surface area (Å²) < 4.78 is 42.6. The molecule has 13 nitrogen and oxygen atoms in total. The fourth-order valence-electron chi connectivity index (χ4n) is 5.05. The van der Waals surface area contributed by atoms with Crippen LogP contribution < -0.4 is 20.4 Å². The lowest BCUT2D eigenvalue weighted by Crippen LogP contribution is -2.54. The summed E-state index contributed by atoms with van der Waals surface area (Å²) in [6.07, 6.45) is 3.61. The normalized spacial score (nSPS) is 17.8. The minimum Gasteiger partial charge on any atom is -0.450 e. The van der Waals surface area contributed by atoms with E-state index in [4.69, 9.17) is 9.47 Å². The van der Waals surface area contributed by atoms with E-state index in [0.29, 0.717) is 24.6 Å². The zero-order valence-electron chi connectivity index (χ0n) is 23.3. The molecular weight excluding hydrogens is 554 g/mol. The van der Waals surface area contributed by atoms with E-state index in [2.05, 4.69) is 20.6 Å². The van der Waals surface area contributed by atoms with Crippen molar-refractivity contribution in [3.05, 3.63) is 54.1 Å². The molecule has 0 aliphatic carbocycles. The van der Waals surface area contributed by atoms with Crippen molar-refractivity contribution in [2.24, 2.45) is 0 Å². The van der Waals surface area contributed by atoms with Gasteiger partial charge in [-0.3, -0.25) is 14.0 Å². The van der Waals surface area contributed by atoms with Gasteiger partial charge in [-0.05, 0) is 32.0 Å². The van der Waals surface area contributed by atoms with Crippen LogP contribution in [0.15, 0.2) is 36.8 Å². The fourth-order valence-corrected chi connectivity index (χ4v) is 5.05. The van der Waals surface area contributed by atoms with Crippen LogP contribution >= 0.6 is 0 Å². The lowest BCUT2D eigenvalue weighted by atomic mass is 10.1. The summed E-state index contributed by atoms with van der Waals surface area (Å²) in [5.41, 5.74) is 0.255. The second-order valence-electron chi connectivity index (χ2n) is 9.84. The van der Waals surface area contributed by atoms with Gasteiger partial charge in [0.2, 0.25) is 11.7 Å². The molecule has 2 N–H and O–H groups in total. The number of fused-ring (bicyclic) bond motifs is 1. The Bertz CT molecular complexity index is 1410. The summed E-state index contributed by atoms with van der Waals surface area (Å²) in [5.74, 6) is -1.93. The largest absolute Gasteiger partial charge is 0.450 e. The minimum atomic E-state index is -0.830. The third-order valence-corrected chi connectivity index (χ3v) is 7.11. The Morgan fingerprint density at radius 1 is 1.14 bits per heavy atom. The van der Waals surface area contributed by atoms with Gasteiger partial charge in [-0.2, -0.15) is 0 Å². The molecule has 3 aromatic rings. The van der Waals surface area contributed by atoms with Gasteiger partial charge in [0.05, 0.1) is 19.8 Å². The van der Waals surface area contributed by atoms with Crippen LogP contribution in [0.2, 0.25) is 0 Å². The number of nitrogens with zero attached hydrogens (tertiary/aromatic N) is 6. The minimum absolute atomic E-state index is 0.0921. The van der Waals surface area contributed by atoms with Crippen molar-refractivity contribution in [2.75, 3.05) is 62.3 Å². The summed E-state index contributed by atoms with van der Waals surface area (Å²) in [6, 6.07) is 3.37. The maximum atomic E-state index is 15.3. The zero-order chi connectivity index (χ0) is 29.8. The molecule has 2 atom stereocenters. The number of rotatable bonds is 8. The summed E-state index contributed by atoms with van der Waals surface area (Å²) >= 11 is 0. The second kappa shape index (κ2) is 12.5. The first-order valence-electron chi connectivity index (χ1n) is 13.7. The molecule has 15 heteroatoms. The van der Waals surface area contributed by atoms with Crippen LogP contribution in [0.1, 0.15) is 24.3 Å². The van der Waals surface area contributed by atoms with Crippen molar-refractivity contribution in [3.8, 4) is 0 Å². The van der Waals surface area contributed by atoms with Crippen LogP contribution in [0.3, 0.4) is 0 Å². The standard InChI is InChI=1S/C27H32F2N8O5/c1-3-41-27(40)31-15-22-37(11-12-42-22)18-13-19(28)23(20(29)14-18)34-7-9-35(10-8-34)25(39)17(2)32-24(38)21-16-36-6-4-5-30-26(36)33-21/h4-6,13-14,16-17,22H,3,7-12,15H2,1-2H3,(H,31,40)(H,32,38)/t17-,22?/m0/s1. The first kappa shape index (κ1) is 29.0. The summed E-state index contributed by atoms with van der Waals surface area (Å²) in [7, 11) is 0. The van der Waals surface area contributed by atoms with Gasteiger partial charge < -0.3 is 34.8 Å². The molecule has 2 aliphatic rings. The summed E-state index contributed by atoms with van der Waals surface area (Å²) in [6.45, 7) is 5.17. The Balaban J connectivity index is 1.17. The van der Waals surface area contributed by atoms with Crippen LogP contribution in [-0.4, -0.2) is 102 Å². The Kier molecular flexibility index (Phi) is 8.66. The van der Waals surface area contributed by atoms with Crippen LogP contribution in [0, 0.1) is 11.6 Å². The van der Waals surface area contributed by atoms with Crippen molar-refractivity contribution < 1.29 is 32.6 Å². The molecule has 5 rings (SSSR count). The summed E-state index contributed by atoms with van der Waals surface area (Å²) in [4.78, 5) is 50.3. The van der Waals surface area contributed by atoms with Gasteiger partial charge in [0.25, 0.3) is 5.91 Å². The maximum absolute atomic E-state index is 15.3. The maximum Gasteiger partial charge on any atom is 0.407 e. The van der Waals surface area contributed by atoms with E-state index in [1.165, 1.54) is 18.3 Å². The highest BCUT2D eigenvalue weighted by Crippen LogP contribution is 2.31. The van der Waals surface area contributed by atoms with Gasteiger partial charge in [-0.15, -0.1) is 0 Å². The molecule has 224 valence electrons. The molecule has 1 aromatic carbocycles. The molecule has 2 saturated heterocycles. The van der Waals surface area contributed by atoms with Crippen molar-refractivity contribution in [3.63, 3.8) is 0 Å². The number of imidazole rings is 1. The molecule has 0 spiro atoms. The van der Waals surface area contributed by atoms with E-state index >= 15 is 8.78 Å². The second-order valence-corrected chi connectivity index (χ2v) is 9.84. The topological polar surface area (TPSA) is 134 Å². The SMILES string of the molecule is CCOC(=O)NCC1OCCN1c1cc(F)c(N2CCN(C(=O)[C@H](C)NC(=O)c3cn4cccnc4n3)CC2)c(F)c1. The van der Waals surface area contributed by atoms with Gasteiger partial charge in [-0.25, -0.2) is 23.5 Å². The van der Waals surface area contributed by atoms with Gasteiger partial charge >= 0.3 is 6.09 Å². The molecule has 1 unspecified atom stereocenters. The van der Waals surface area contributed by atoms with E-state index < -0.39 is 35.9 Å². The van der Waals surface area contributed by atoms with E-state index in [-0.39, 0.29) is 56.6 Å². The number of nitrogens with one attached hydrogen (secondary N) is 2. The highest BCUT2D eigenvalue weighted by molar-refractivity contribution is 5.96. The monoisotopic (exact) mass is 586 g/mol. The molecule has 3 amide bonds. The Labute approximate surface area is 240 Å². The number of hydrogen-bond acceptors (Lipinski definition) is 9. The number of anilines is 2. The van der Waals surface area contributed by atoms with E-state index in [0.717, 1.165) is 0 Å². The molecular formula is C27H32F2N8O5. The van der Waals surface area contributed by atoms with E-state index in [1.807, 2.05) is 0 Å². The first-order valence-corrected chi connectivity index (χ1v) is 13.7. The van der Waals surface area contributed by atoms with Crippen molar-refractivity contribution in [1.29, 1.82) is 0 Å². The first-order chi connectivity index (χ1) is 20.2. The number of alkyl carbamates (subject to hydrolysis) is 1. The van der Waals surface area contributed by atoms with Gasteiger partial charge in [0.15, 0.2) is 11.6 Å². The highest BCUT2D eigenvalue weighted by atomic mass is 19.1. The number of ether oxygens (including phenoxy) is 2. The van der Waals surface area contributed by atoms with Crippen LogP contribution in [0.4, 0.5) is 25.0 Å². The third-order valence-electron chi connectivity index (χ3n) is 7.11. The Morgan fingerprint density at radius 2 is 1.88 bits per heavy atom.